The van der Waals surface area contributed by atoms with E-state index in [1.165, 1.54) is 0 Å². The molecular weight excluding hydrogens is 282 g/mol. The van der Waals surface area contributed by atoms with Crippen molar-refractivity contribution in [2.45, 2.75) is 18.7 Å². The second kappa shape index (κ2) is 4.31. The maximum Gasteiger partial charge on any atom is 0.257 e. The Balaban J connectivity index is 2.02. The Kier molecular flexibility index (Phi) is 2.63. The second-order valence-electron chi connectivity index (χ2n) is 5.52. The molecule has 2 aromatic heterocycles. The molecule has 0 aliphatic carbocycles. The van der Waals surface area contributed by atoms with Crippen molar-refractivity contribution in [3.05, 3.63) is 58.7 Å². The van der Waals surface area contributed by atoms with E-state index >= 15 is 0 Å². The van der Waals surface area contributed by atoms with E-state index in [0.717, 1.165) is 34.9 Å². The van der Waals surface area contributed by atoms with Crippen molar-refractivity contribution in [2.75, 3.05) is 12.3 Å². The van der Waals surface area contributed by atoms with E-state index in [2.05, 4.69) is 24.0 Å². The Morgan fingerprint density at radius 2 is 2.19 bits per heavy atom. The minimum absolute atomic E-state index is 0.0732. The summed E-state index contributed by atoms with van der Waals surface area (Å²) in [5, 5.41) is 0. The number of thioether (sulfide) groups is 1. The first kappa shape index (κ1) is 12.8. The SMILES string of the molecule is Cc1cc(C)nc(C23SCCN2C(=O)c2cccnc23)c1. The molecule has 0 aromatic carbocycles. The Hall–Kier alpha value is -1.88. The summed E-state index contributed by atoms with van der Waals surface area (Å²) in [4.78, 5) is 23.3. The first-order valence-corrected chi connectivity index (χ1v) is 7.99. The maximum atomic E-state index is 12.7. The molecule has 1 atom stereocenters. The predicted octanol–water partition coefficient (Wildman–Crippen LogP) is 2.50. The van der Waals surface area contributed by atoms with Crippen LogP contribution in [0.3, 0.4) is 0 Å². The van der Waals surface area contributed by atoms with Crippen molar-refractivity contribution in [1.82, 2.24) is 14.9 Å². The number of rotatable bonds is 1. The highest BCUT2D eigenvalue weighted by Gasteiger charge is 2.56. The molecule has 1 amide bonds. The number of hydrogen-bond donors (Lipinski definition) is 0. The molecule has 4 nitrogen and oxygen atoms in total. The summed E-state index contributed by atoms with van der Waals surface area (Å²) in [7, 11) is 0. The zero-order valence-electron chi connectivity index (χ0n) is 12.0. The van der Waals surface area contributed by atoms with Gasteiger partial charge in [-0.25, -0.2) is 0 Å². The van der Waals surface area contributed by atoms with Gasteiger partial charge in [-0.05, 0) is 43.7 Å². The fourth-order valence-electron chi connectivity index (χ4n) is 3.30. The molecule has 0 saturated carbocycles. The van der Waals surface area contributed by atoms with Gasteiger partial charge in [0.15, 0.2) is 4.87 Å². The van der Waals surface area contributed by atoms with Crippen LogP contribution in [0, 0.1) is 13.8 Å². The summed E-state index contributed by atoms with van der Waals surface area (Å²) >= 11 is 1.76. The molecule has 1 fully saturated rings. The molecule has 0 spiro atoms. The number of carbonyl (C=O) groups excluding carboxylic acids is 1. The number of hydrogen-bond acceptors (Lipinski definition) is 4. The summed E-state index contributed by atoms with van der Waals surface area (Å²) in [6.45, 7) is 4.80. The summed E-state index contributed by atoms with van der Waals surface area (Å²) in [5.41, 5.74) is 4.62. The minimum atomic E-state index is -0.537. The van der Waals surface area contributed by atoms with E-state index in [1.54, 1.807) is 18.0 Å². The predicted molar refractivity (Wildman–Crippen MR) is 82.2 cm³/mol. The lowest BCUT2D eigenvalue weighted by Crippen LogP contribution is -2.39. The van der Waals surface area contributed by atoms with Gasteiger partial charge in [-0.2, -0.15) is 0 Å². The standard InChI is InChI=1S/C16H15N3OS/c1-10-8-11(2)18-13(9-10)16-14-12(4-3-5-17-14)15(20)19(16)6-7-21-16/h3-5,8-9H,6-7H2,1-2H3. The monoisotopic (exact) mass is 297 g/mol. The number of pyridine rings is 2. The van der Waals surface area contributed by atoms with Crippen LogP contribution in [0.1, 0.15) is 33.0 Å². The molecule has 0 N–H and O–H groups in total. The van der Waals surface area contributed by atoms with Crippen LogP contribution in [-0.2, 0) is 4.87 Å². The summed E-state index contributed by atoms with van der Waals surface area (Å²) < 4.78 is 0. The highest BCUT2D eigenvalue weighted by molar-refractivity contribution is 8.00. The van der Waals surface area contributed by atoms with Crippen LogP contribution >= 0.6 is 11.8 Å². The van der Waals surface area contributed by atoms with Crippen LogP contribution < -0.4 is 0 Å². The van der Waals surface area contributed by atoms with Gasteiger partial charge in [-0.15, -0.1) is 11.8 Å². The van der Waals surface area contributed by atoms with E-state index in [1.807, 2.05) is 24.0 Å². The molecule has 21 heavy (non-hydrogen) atoms. The molecule has 2 aliphatic rings. The lowest BCUT2D eigenvalue weighted by atomic mass is 10.0. The molecule has 1 unspecified atom stereocenters. The number of carbonyl (C=O) groups is 1. The van der Waals surface area contributed by atoms with Crippen molar-refractivity contribution < 1.29 is 4.79 Å². The van der Waals surface area contributed by atoms with Crippen LogP contribution in [0.2, 0.25) is 0 Å². The zero-order valence-corrected chi connectivity index (χ0v) is 12.8. The summed E-state index contributed by atoms with van der Waals surface area (Å²) in [6.07, 6.45) is 1.76. The maximum absolute atomic E-state index is 12.7. The summed E-state index contributed by atoms with van der Waals surface area (Å²) in [5.74, 6) is 0.986. The molecule has 4 rings (SSSR count). The van der Waals surface area contributed by atoms with Crippen LogP contribution in [0.4, 0.5) is 0 Å². The Morgan fingerprint density at radius 3 is 3.00 bits per heavy atom. The van der Waals surface area contributed by atoms with Crippen LogP contribution in [0.25, 0.3) is 0 Å². The van der Waals surface area contributed by atoms with Crippen molar-refractivity contribution in [3.63, 3.8) is 0 Å². The second-order valence-corrected chi connectivity index (χ2v) is 6.81. The van der Waals surface area contributed by atoms with Gasteiger partial charge in [0, 0.05) is 24.2 Å². The van der Waals surface area contributed by atoms with E-state index in [4.69, 9.17) is 4.98 Å². The van der Waals surface area contributed by atoms with Gasteiger partial charge < -0.3 is 4.90 Å². The lowest BCUT2D eigenvalue weighted by molar-refractivity contribution is 0.0749. The first-order chi connectivity index (χ1) is 10.1. The van der Waals surface area contributed by atoms with Crippen molar-refractivity contribution in [2.24, 2.45) is 0 Å². The fourth-order valence-corrected chi connectivity index (χ4v) is 4.75. The van der Waals surface area contributed by atoms with Gasteiger partial charge in [0.05, 0.1) is 17.0 Å². The van der Waals surface area contributed by atoms with Gasteiger partial charge in [0.25, 0.3) is 5.91 Å². The van der Waals surface area contributed by atoms with Gasteiger partial charge in [-0.3, -0.25) is 14.8 Å². The number of aromatic nitrogens is 2. The third-order valence-electron chi connectivity index (χ3n) is 4.06. The quantitative estimate of drug-likeness (QED) is 0.811. The molecule has 5 heteroatoms. The molecule has 106 valence electrons. The van der Waals surface area contributed by atoms with Crippen molar-refractivity contribution in [1.29, 1.82) is 0 Å². The van der Waals surface area contributed by atoms with Gasteiger partial charge >= 0.3 is 0 Å². The molecule has 0 radical (unpaired) electrons. The average molecular weight is 297 g/mol. The number of amides is 1. The van der Waals surface area contributed by atoms with E-state index in [-0.39, 0.29) is 5.91 Å². The highest BCUT2D eigenvalue weighted by Crippen LogP contribution is 2.53. The van der Waals surface area contributed by atoms with Gasteiger partial charge in [-0.1, -0.05) is 0 Å². The smallest absolute Gasteiger partial charge is 0.257 e. The van der Waals surface area contributed by atoms with Crippen LogP contribution in [0.15, 0.2) is 30.5 Å². The number of fused-ring (bicyclic) bond motifs is 3. The van der Waals surface area contributed by atoms with Crippen LogP contribution in [0.5, 0.6) is 0 Å². The molecule has 2 aromatic rings. The van der Waals surface area contributed by atoms with Gasteiger partial charge in [0.2, 0.25) is 0 Å². The number of nitrogens with zero attached hydrogens (tertiary/aromatic N) is 3. The Bertz CT molecular complexity index is 741. The van der Waals surface area contributed by atoms with E-state index in [0.29, 0.717) is 5.56 Å². The number of aryl methyl sites for hydroxylation is 2. The third kappa shape index (κ3) is 1.61. The zero-order chi connectivity index (χ0) is 14.6. The molecular formula is C16H15N3OS. The van der Waals surface area contributed by atoms with Crippen molar-refractivity contribution in [3.8, 4) is 0 Å². The van der Waals surface area contributed by atoms with E-state index < -0.39 is 4.87 Å². The Morgan fingerprint density at radius 1 is 1.33 bits per heavy atom. The molecule has 0 bridgehead atoms. The fraction of sp³-hybridized carbons (Fsp3) is 0.312. The van der Waals surface area contributed by atoms with E-state index in [9.17, 15) is 4.79 Å². The first-order valence-electron chi connectivity index (χ1n) is 7.00. The average Bonchev–Trinajstić information content (AvgIpc) is 2.99. The third-order valence-corrected chi connectivity index (χ3v) is 5.48. The minimum Gasteiger partial charge on any atom is -0.312 e. The molecule has 2 aliphatic heterocycles. The van der Waals surface area contributed by atoms with Crippen LogP contribution in [-0.4, -0.2) is 33.1 Å². The largest absolute Gasteiger partial charge is 0.312 e. The Labute approximate surface area is 127 Å². The highest BCUT2D eigenvalue weighted by atomic mass is 32.2. The summed E-state index contributed by atoms with van der Waals surface area (Å²) in [6, 6.07) is 7.83. The van der Waals surface area contributed by atoms with Gasteiger partial charge in [0.1, 0.15) is 0 Å². The molecule has 1 saturated heterocycles. The molecule has 4 heterocycles. The topological polar surface area (TPSA) is 46.1 Å². The normalized spacial score (nSPS) is 23.3. The lowest BCUT2D eigenvalue weighted by Gasteiger charge is -2.30. The van der Waals surface area contributed by atoms with Crippen molar-refractivity contribution >= 4 is 17.7 Å².